The molecule has 1 aromatic rings. The van der Waals surface area contributed by atoms with E-state index in [1.54, 1.807) is 16.4 Å². The van der Waals surface area contributed by atoms with Gasteiger partial charge >= 0.3 is 0 Å². The number of carbonyl (C=O) groups is 1. The van der Waals surface area contributed by atoms with Gasteiger partial charge in [-0.1, -0.05) is 6.92 Å². The Labute approximate surface area is 143 Å². The number of amides is 1. The SMILES string of the molecule is CCN1CCN(S(=O)(=O)c2cc3c4c(c2)CC(=O)N4CCC3)CC1. The number of piperazine rings is 1. The number of likely N-dealkylation sites (N-methyl/N-ethyl adjacent to an activating group) is 1. The molecule has 0 spiro atoms. The van der Waals surface area contributed by atoms with Crippen molar-refractivity contribution >= 4 is 21.6 Å². The molecule has 130 valence electrons. The molecule has 4 rings (SSSR count). The minimum atomic E-state index is -3.48. The summed E-state index contributed by atoms with van der Waals surface area (Å²) in [7, 11) is -3.48. The van der Waals surface area contributed by atoms with Gasteiger partial charge in [-0.05, 0) is 42.6 Å². The van der Waals surface area contributed by atoms with E-state index in [1.807, 2.05) is 4.90 Å². The van der Waals surface area contributed by atoms with Crippen molar-refractivity contribution in [2.24, 2.45) is 0 Å². The van der Waals surface area contributed by atoms with Gasteiger partial charge in [-0.15, -0.1) is 0 Å². The largest absolute Gasteiger partial charge is 0.312 e. The summed E-state index contributed by atoms with van der Waals surface area (Å²) in [6, 6.07) is 3.52. The number of benzene rings is 1. The van der Waals surface area contributed by atoms with Gasteiger partial charge in [0.15, 0.2) is 0 Å². The van der Waals surface area contributed by atoms with E-state index in [2.05, 4.69) is 11.8 Å². The van der Waals surface area contributed by atoms with E-state index in [1.165, 1.54) is 0 Å². The summed E-state index contributed by atoms with van der Waals surface area (Å²) in [5.41, 5.74) is 2.86. The highest BCUT2D eigenvalue weighted by molar-refractivity contribution is 7.89. The average Bonchev–Trinajstić information content (AvgIpc) is 2.92. The Hall–Kier alpha value is -1.44. The molecular weight excluding hydrogens is 326 g/mol. The maximum atomic E-state index is 13.0. The second-order valence-corrected chi connectivity index (χ2v) is 8.69. The van der Waals surface area contributed by atoms with Crippen molar-refractivity contribution in [1.29, 1.82) is 0 Å². The number of rotatable bonds is 3. The number of hydrogen-bond acceptors (Lipinski definition) is 4. The van der Waals surface area contributed by atoms with Gasteiger partial charge in [-0.2, -0.15) is 4.31 Å². The van der Waals surface area contributed by atoms with Crippen LogP contribution in [0.3, 0.4) is 0 Å². The third kappa shape index (κ3) is 2.46. The van der Waals surface area contributed by atoms with E-state index in [0.29, 0.717) is 24.4 Å². The van der Waals surface area contributed by atoms with Gasteiger partial charge in [-0.25, -0.2) is 8.42 Å². The van der Waals surface area contributed by atoms with Crippen LogP contribution >= 0.6 is 0 Å². The highest BCUT2D eigenvalue weighted by Gasteiger charge is 2.35. The highest BCUT2D eigenvalue weighted by Crippen LogP contribution is 2.39. The van der Waals surface area contributed by atoms with Crippen molar-refractivity contribution < 1.29 is 13.2 Å². The van der Waals surface area contributed by atoms with Crippen molar-refractivity contribution in [1.82, 2.24) is 9.21 Å². The third-order valence-corrected chi connectivity index (χ3v) is 7.27. The lowest BCUT2D eigenvalue weighted by Gasteiger charge is -2.33. The van der Waals surface area contributed by atoms with Crippen LogP contribution in [0.2, 0.25) is 0 Å². The van der Waals surface area contributed by atoms with Gasteiger partial charge in [0.2, 0.25) is 15.9 Å². The molecule has 0 aliphatic carbocycles. The van der Waals surface area contributed by atoms with Gasteiger partial charge in [0.25, 0.3) is 0 Å². The monoisotopic (exact) mass is 349 g/mol. The lowest BCUT2D eigenvalue weighted by atomic mass is 10.0. The van der Waals surface area contributed by atoms with Crippen LogP contribution in [-0.4, -0.2) is 62.8 Å². The molecule has 24 heavy (non-hydrogen) atoms. The fourth-order valence-corrected chi connectivity index (χ4v) is 5.56. The van der Waals surface area contributed by atoms with E-state index in [4.69, 9.17) is 0 Å². The van der Waals surface area contributed by atoms with Gasteiger partial charge in [0.1, 0.15) is 0 Å². The first-order chi connectivity index (χ1) is 11.5. The van der Waals surface area contributed by atoms with Crippen LogP contribution in [0.1, 0.15) is 24.5 Å². The van der Waals surface area contributed by atoms with Crippen LogP contribution in [0.25, 0.3) is 0 Å². The van der Waals surface area contributed by atoms with Crippen LogP contribution in [0.15, 0.2) is 17.0 Å². The van der Waals surface area contributed by atoms with Crippen molar-refractivity contribution in [3.8, 4) is 0 Å². The van der Waals surface area contributed by atoms with E-state index >= 15 is 0 Å². The van der Waals surface area contributed by atoms with Gasteiger partial charge in [0.05, 0.1) is 17.0 Å². The standard InChI is InChI=1S/C17H23N3O3S/c1-2-18-6-8-19(9-7-18)24(22,23)15-10-13-4-3-5-20-16(21)12-14(11-15)17(13)20/h10-11H,2-9,12H2,1H3. The molecule has 3 heterocycles. The Morgan fingerprint density at radius 1 is 1.04 bits per heavy atom. The summed E-state index contributed by atoms with van der Waals surface area (Å²) in [5.74, 6) is 0.0945. The molecule has 1 aromatic carbocycles. The summed E-state index contributed by atoms with van der Waals surface area (Å²) >= 11 is 0. The Balaban J connectivity index is 1.68. The molecule has 0 saturated carbocycles. The maximum absolute atomic E-state index is 13.0. The van der Waals surface area contributed by atoms with E-state index in [9.17, 15) is 13.2 Å². The highest BCUT2D eigenvalue weighted by atomic mass is 32.2. The first kappa shape index (κ1) is 16.1. The molecule has 0 unspecified atom stereocenters. The fraction of sp³-hybridized carbons (Fsp3) is 0.588. The van der Waals surface area contributed by atoms with Crippen LogP contribution < -0.4 is 4.90 Å². The van der Waals surface area contributed by atoms with E-state index in [-0.39, 0.29) is 5.91 Å². The molecule has 0 atom stereocenters. The van der Waals surface area contributed by atoms with Crippen LogP contribution in [0, 0.1) is 0 Å². The first-order valence-corrected chi connectivity index (χ1v) is 10.1. The molecule has 6 nitrogen and oxygen atoms in total. The van der Waals surface area contributed by atoms with Gasteiger partial charge in [0, 0.05) is 32.7 Å². The minimum Gasteiger partial charge on any atom is -0.312 e. The molecule has 0 aromatic heterocycles. The van der Waals surface area contributed by atoms with Gasteiger partial charge in [-0.3, -0.25) is 4.79 Å². The number of carbonyl (C=O) groups excluding carboxylic acids is 1. The summed E-state index contributed by atoms with van der Waals surface area (Å²) in [6.07, 6.45) is 2.07. The topological polar surface area (TPSA) is 60.9 Å². The summed E-state index contributed by atoms with van der Waals surface area (Å²) in [6.45, 7) is 6.43. The second-order valence-electron chi connectivity index (χ2n) is 6.75. The predicted molar refractivity (Wildman–Crippen MR) is 91.7 cm³/mol. The van der Waals surface area contributed by atoms with Crippen molar-refractivity contribution in [3.05, 3.63) is 23.3 Å². The molecular formula is C17H23N3O3S. The van der Waals surface area contributed by atoms with Crippen LogP contribution in [0.4, 0.5) is 5.69 Å². The lowest BCUT2D eigenvalue weighted by molar-refractivity contribution is -0.117. The van der Waals surface area contributed by atoms with Crippen molar-refractivity contribution in [2.45, 2.75) is 31.1 Å². The minimum absolute atomic E-state index is 0.0945. The average molecular weight is 349 g/mol. The lowest BCUT2D eigenvalue weighted by Crippen LogP contribution is -2.48. The number of aryl methyl sites for hydroxylation is 1. The summed E-state index contributed by atoms with van der Waals surface area (Å²) in [4.78, 5) is 16.6. The predicted octanol–water partition coefficient (Wildman–Crippen LogP) is 0.848. The Morgan fingerprint density at radius 3 is 2.46 bits per heavy atom. The van der Waals surface area contributed by atoms with Crippen molar-refractivity contribution in [2.75, 3.05) is 44.2 Å². The first-order valence-electron chi connectivity index (χ1n) is 8.69. The van der Waals surface area contributed by atoms with E-state index < -0.39 is 10.0 Å². The number of sulfonamides is 1. The Bertz CT molecular complexity index is 783. The molecule has 0 N–H and O–H groups in total. The molecule has 1 amide bonds. The number of anilines is 1. The van der Waals surface area contributed by atoms with Crippen molar-refractivity contribution in [3.63, 3.8) is 0 Å². The summed E-state index contributed by atoms with van der Waals surface area (Å²) < 4.78 is 27.7. The molecule has 3 aliphatic heterocycles. The normalized spacial score (nSPS) is 22.0. The number of nitrogens with zero attached hydrogens (tertiary/aromatic N) is 3. The zero-order valence-electron chi connectivity index (χ0n) is 14.0. The second kappa shape index (κ2) is 5.82. The molecule has 0 radical (unpaired) electrons. The molecule has 1 saturated heterocycles. The smallest absolute Gasteiger partial charge is 0.243 e. The molecule has 3 aliphatic rings. The molecule has 1 fully saturated rings. The zero-order valence-corrected chi connectivity index (χ0v) is 14.8. The quantitative estimate of drug-likeness (QED) is 0.812. The van der Waals surface area contributed by atoms with Gasteiger partial charge < -0.3 is 9.80 Å². The van der Waals surface area contributed by atoms with E-state index in [0.717, 1.165) is 55.8 Å². The third-order valence-electron chi connectivity index (χ3n) is 5.40. The Kier molecular flexibility index (Phi) is 3.89. The molecule has 0 bridgehead atoms. The van der Waals surface area contributed by atoms with Crippen LogP contribution in [-0.2, 0) is 27.7 Å². The summed E-state index contributed by atoms with van der Waals surface area (Å²) in [5, 5.41) is 0. The maximum Gasteiger partial charge on any atom is 0.243 e. The zero-order chi connectivity index (χ0) is 16.9. The number of hydrogen-bond donors (Lipinski definition) is 0. The Morgan fingerprint density at radius 2 is 1.75 bits per heavy atom. The fourth-order valence-electron chi connectivity index (χ4n) is 4.03. The van der Waals surface area contributed by atoms with Crippen LogP contribution in [0.5, 0.6) is 0 Å². The molecule has 7 heteroatoms.